The first kappa shape index (κ1) is 24.9. The molecule has 0 bridgehead atoms. The van der Waals surface area contributed by atoms with Crippen molar-refractivity contribution >= 4 is 85.4 Å². The van der Waals surface area contributed by atoms with E-state index in [1.807, 2.05) is 11.3 Å². The molecule has 0 saturated heterocycles. The molecular formula is C44H26S. The molecule has 0 fully saturated rings. The molecule has 0 saturated carbocycles. The number of hydrogen-bond donors (Lipinski definition) is 0. The fourth-order valence-electron chi connectivity index (χ4n) is 7.54. The normalized spacial score (nSPS) is 12.0. The van der Waals surface area contributed by atoms with E-state index in [2.05, 4.69) is 158 Å². The van der Waals surface area contributed by atoms with Gasteiger partial charge in [-0.15, -0.1) is 11.3 Å². The summed E-state index contributed by atoms with van der Waals surface area (Å²) in [5.74, 6) is 0. The fraction of sp³-hybridized carbons (Fsp3) is 0. The second kappa shape index (κ2) is 9.50. The van der Waals surface area contributed by atoms with Crippen LogP contribution in [0.25, 0.3) is 96.3 Å². The van der Waals surface area contributed by atoms with Crippen LogP contribution in [0.4, 0.5) is 0 Å². The van der Waals surface area contributed by atoms with Crippen molar-refractivity contribution in [1.29, 1.82) is 0 Å². The van der Waals surface area contributed by atoms with Gasteiger partial charge in [-0.05, 0) is 106 Å². The molecule has 0 amide bonds. The Balaban J connectivity index is 1.25. The zero-order valence-corrected chi connectivity index (χ0v) is 25.2. The minimum Gasteiger partial charge on any atom is -0.135 e. The predicted molar refractivity (Wildman–Crippen MR) is 198 cm³/mol. The largest absolute Gasteiger partial charge is 0.135 e. The lowest BCUT2D eigenvalue weighted by atomic mass is 9.85. The van der Waals surface area contributed by atoms with Crippen LogP contribution >= 0.6 is 11.3 Å². The zero-order valence-electron chi connectivity index (χ0n) is 24.4. The predicted octanol–water partition coefficient (Wildman–Crippen LogP) is 13.2. The Morgan fingerprint density at radius 1 is 0.267 bits per heavy atom. The Bertz CT molecular complexity index is 2760. The highest BCUT2D eigenvalue weighted by Gasteiger charge is 2.18. The zero-order chi connectivity index (χ0) is 29.5. The third kappa shape index (κ3) is 3.72. The number of fused-ring (bicyclic) bond motifs is 9. The molecule has 0 aliphatic rings. The molecule has 10 aromatic rings. The maximum Gasteiger partial charge on any atom is 0.0361 e. The Morgan fingerprint density at radius 2 is 0.756 bits per heavy atom. The van der Waals surface area contributed by atoms with Gasteiger partial charge in [0.05, 0.1) is 0 Å². The number of benzene rings is 9. The Labute approximate surface area is 264 Å². The van der Waals surface area contributed by atoms with Gasteiger partial charge < -0.3 is 0 Å². The number of thiophene rings is 1. The Kier molecular flexibility index (Phi) is 5.25. The molecule has 0 spiro atoms. The van der Waals surface area contributed by atoms with Crippen LogP contribution in [0, 0.1) is 0 Å². The standard InChI is InChI=1S/C44H26S/c1-2-11-29-26-42-40(24-28(29)10-1)39-25-32(20-22-41(39)45-42)44-37-15-7-5-13-35(37)43(36-14-6-8-16-38(36)44)31-19-21-34-30(23-31)18-17-27-9-3-4-12-33(27)34/h1-26H. The Morgan fingerprint density at radius 3 is 1.44 bits per heavy atom. The number of rotatable bonds is 2. The second-order valence-corrected chi connectivity index (χ2v) is 13.2. The van der Waals surface area contributed by atoms with Crippen molar-refractivity contribution in [2.75, 3.05) is 0 Å². The lowest BCUT2D eigenvalue weighted by molar-refractivity contribution is 1.69. The van der Waals surface area contributed by atoms with Crippen molar-refractivity contribution in [3.63, 3.8) is 0 Å². The summed E-state index contributed by atoms with van der Waals surface area (Å²) in [5.41, 5.74) is 5.12. The topological polar surface area (TPSA) is 0 Å². The van der Waals surface area contributed by atoms with E-state index in [0.29, 0.717) is 0 Å². The molecule has 0 atom stereocenters. The molecule has 208 valence electrons. The van der Waals surface area contributed by atoms with E-state index in [1.165, 1.54) is 96.3 Å². The van der Waals surface area contributed by atoms with Crippen LogP contribution in [0.5, 0.6) is 0 Å². The van der Waals surface area contributed by atoms with Crippen LogP contribution in [0.3, 0.4) is 0 Å². The SMILES string of the molecule is c1ccc2cc3c(cc2c1)sc1ccc(-c2c4ccccc4c(-c4ccc5c(ccc6ccccc65)c4)c4ccccc24)cc13. The van der Waals surface area contributed by atoms with Crippen LogP contribution in [0.1, 0.15) is 0 Å². The van der Waals surface area contributed by atoms with Crippen molar-refractivity contribution in [2.45, 2.75) is 0 Å². The van der Waals surface area contributed by atoms with Gasteiger partial charge in [-0.1, -0.05) is 127 Å². The highest BCUT2D eigenvalue weighted by Crippen LogP contribution is 2.46. The summed E-state index contributed by atoms with van der Waals surface area (Å²) in [4.78, 5) is 0. The molecule has 45 heavy (non-hydrogen) atoms. The third-order valence-corrected chi connectivity index (χ3v) is 10.7. The third-order valence-electron chi connectivity index (χ3n) is 9.59. The van der Waals surface area contributed by atoms with E-state index < -0.39 is 0 Å². The molecule has 0 nitrogen and oxygen atoms in total. The molecule has 0 unspecified atom stereocenters. The van der Waals surface area contributed by atoms with Crippen molar-refractivity contribution in [1.82, 2.24) is 0 Å². The first-order valence-corrected chi connectivity index (χ1v) is 16.3. The van der Waals surface area contributed by atoms with Gasteiger partial charge >= 0.3 is 0 Å². The summed E-state index contributed by atoms with van der Waals surface area (Å²) in [5, 5.41) is 15.5. The molecule has 0 radical (unpaired) electrons. The molecular weight excluding hydrogens is 561 g/mol. The van der Waals surface area contributed by atoms with Gasteiger partial charge in [-0.3, -0.25) is 0 Å². The summed E-state index contributed by atoms with van der Waals surface area (Å²) in [6, 6.07) is 58.6. The van der Waals surface area contributed by atoms with Crippen LogP contribution in [-0.2, 0) is 0 Å². The van der Waals surface area contributed by atoms with Crippen molar-refractivity contribution < 1.29 is 0 Å². The molecule has 1 heteroatoms. The van der Waals surface area contributed by atoms with E-state index in [1.54, 1.807) is 0 Å². The Hall–Kier alpha value is -5.50. The maximum atomic E-state index is 2.43. The quantitative estimate of drug-likeness (QED) is 0.140. The summed E-state index contributed by atoms with van der Waals surface area (Å²) in [6.45, 7) is 0. The minimum absolute atomic E-state index is 1.25. The molecule has 1 heterocycles. The highest BCUT2D eigenvalue weighted by atomic mass is 32.1. The molecule has 0 aliphatic heterocycles. The molecule has 0 aliphatic carbocycles. The van der Waals surface area contributed by atoms with Gasteiger partial charge in [-0.2, -0.15) is 0 Å². The lowest BCUT2D eigenvalue weighted by Gasteiger charge is -2.18. The van der Waals surface area contributed by atoms with E-state index in [4.69, 9.17) is 0 Å². The van der Waals surface area contributed by atoms with E-state index in [9.17, 15) is 0 Å². The van der Waals surface area contributed by atoms with Crippen molar-refractivity contribution in [3.05, 3.63) is 158 Å². The van der Waals surface area contributed by atoms with E-state index >= 15 is 0 Å². The molecule has 9 aromatic carbocycles. The highest BCUT2D eigenvalue weighted by molar-refractivity contribution is 7.25. The first-order valence-electron chi connectivity index (χ1n) is 15.5. The average molecular weight is 587 g/mol. The second-order valence-electron chi connectivity index (χ2n) is 12.1. The molecule has 1 aromatic heterocycles. The smallest absolute Gasteiger partial charge is 0.0361 e. The summed E-state index contributed by atoms with van der Waals surface area (Å²) in [6.07, 6.45) is 0. The van der Waals surface area contributed by atoms with Crippen LogP contribution in [0.2, 0.25) is 0 Å². The summed E-state index contributed by atoms with van der Waals surface area (Å²) >= 11 is 1.89. The minimum atomic E-state index is 1.25. The van der Waals surface area contributed by atoms with Gasteiger partial charge in [0.2, 0.25) is 0 Å². The summed E-state index contributed by atoms with van der Waals surface area (Å²) < 4.78 is 2.67. The average Bonchev–Trinajstić information content (AvgIpc) is 3.45. The van der Waals surface area contributed by atoms with Gasteiger partial charge in [0, 0.05) is 20.2 Å². The first-order chi connectivity index (χ1) is 22.3. The molecule has 0 N–H and O–H groups in total. The molecule has 10 rings (SSSR count). The van der Waals surface area contributed by atoms with Gasteiger partial charge in [0.25, 0.3) is 0 Å². The van der Waals surface area contributed by atoms with Gasteiger partial charge in [-0.25, -0.2) is 0 Å². The van der Waals surface area contributed by atoms with E-state index in [-0.39, 0.29) is 0 Å². The lowest BCUT2D eigenvalue weighted by Crippen LogP contribution is -1.91. The van der Waals surface area contributed by atoms with Gasteiger partial charge in [0.1, 0.15) is 0 Å². The van der Waals surface area contributed by atoms with Gasteiger partial charge in [0.15, 0.2) is 0 Å². The van der Waals surface area contributed by atoms with Crippen LogP contribution in [0.15, 0.2) is 158 Å². The maximum absolute atomic E-state index is 2.43. The van der Waals surface area contributed by atoms with E-state index in [0.717, 1.165) is 0 Å². The van der Waals surface area contributed by atoms with Crippen LogP contribution < -0.4 is 0 Å². The summed E-state index contributed by atoms with van der Waals surface area (Å²) in [7, 11) is 0. The number of hydrogen-bond acceptors (Lipinski definition) is 1. The fourth-order valence-corrected chi connectivity index (χ4v) is 8.65. The van der Waals surface area contributed by atoms with Crippen molar-refractivity contribution in [3.8, 4) is 22.3 Å². The van der Waals surface area contributed by atoms with Crippen molar-refractivity contribution in [2.24, 2.45) is 0 Å². The monoisotopic (exact) mass is 586 g/mol. The van der Waals surface area contributed by atoms with Crippen LogP contribution in [-0.4, -0.2) is 0 Å².